The predicted octanol–water partition coefficient (Wildman–Crippen LogP) is 4.68. The second kappa shape index (κ2) is 7.47. The molecule has 0 bridgehead atoms. The van der Waals surface area contributed by atoms with Crippen LogP contribution >= 0.6 is 11.8 Å². The van der Waals surface area contributed by atoms with Gasteiger partial charge < -0.3 is 4.84 Å². The second-order valence-corrected chi connectivity index (χ2v) is 6.08. The van der Waals surface area contributed by atoms with Crippen molar-refractivity contribution in [2.75, 3.05) is 5.75 Å². The predicted molar refractivity (Wildman–Crippen MR) is 80.7 cm³/mol. The molecule has 1 rings (SSSR count). The lowest BCUT2D eigenvalue weighted by Gasteiger charge is -2.12. The van der Waals surface area contributed by atoms with E-state index in [9.17, 15) is 0 Å². The number of hydrogen-bond acceptors (Lipinski definition) is 3. The Hall–Kier alpha value is -0.960. The van der Waals surface area contributed by atoms with Crippen molar-refractivity contribution in [2.24, 2.45) is 5.16 Å². The summed E-state index contributed by atoms with van der Waals surface area (Å²) in [6.45, 7) is 10.6. The molecule has 1 aromatic rings. The first-order valence-electron chi connectivity index (χ1n) is 6.50. The highest BCUT2D eigenvalue weighted by atomic mass is 32.2. The molecule has 0 aliphatic carbocycles. The summed E-state index contributed by atoms with van der Waals surface area (Å²) >= 11 is 1.88. The fraction of sp³-hybridized carbons (Fsp3) is 0.533. The first kappa shape index (κ1) is 15.1. The van der Waals surface area contributed by atoms with Crippen molar-refractivity contribution in [3.05, 3.63) is 29.3 Å². The Morgan fingerprint density at radius 1 is 1.28 bits per heavy atom. The van der Waals surface area contributed by atoms with Crippen molar-refractivity contribution in [1.82, 2.24) is 0 Å². The molecule has 0 aliphatic rings. The van der Waals surface area contributed by atoms with Crippen molar-refractivity contribution < 1.29 is 4.84 Å². The number of hydrogen-bond donors (Lipinski definition) is 0. The van der Waals surface area contributed by atoms with Gasteiger partial charge in [-0.15, -0.1) is 11.8 Å². The van der Waals surface area contributed by atoms with Crippen LogP contribution in [0.4, 0.5) is 0 Å². The molecule has 0 saturated heterocycles. The smallest absolute Gasteiger partial charge is 0.122 e. The molecule has 3 heteroatoms. The van der Waals surface area contributed by atoms with Gasteiger partial charge in [0.25, 0.3) is 0 Å². The molecule has 0 amide bonds. The van der Waals surface area contributed by atoms with E-state index in [1.54, 1.807) is 6.21 Å². The van der Waals surface area contributed by atoms with Gasteiger partial charge in [-0.1, -0.05) is 38.1 Å². The van der Waals surface area contributed by atoms with Crippen LogP contribution in [0.15, 0.2) is 28.3 Å². The highest BCUT2D eigenvalue weighted by molar-refractivity contribution is 7.99. The topological polar surface area (TPSA) is 21.6 Å². The van der Waals surface area contributed by atoms with Crippen LogP contribution in [-0.2, 0) is 4.84 Å². The van der Waals surface area contributed by atoms with Crippen LogP contribution in [0.1, 0.15) is 51.7 Å². The van der Waals surface area contributed by atoms with E-state index in [1.165, 1.54) is 10.5 Å². The minimum absolute atomic E-state index is 0.126. The Kier molecular flexibility index (Phi) is 6.27. The lowest BCUT2D eigenvalue weighted by atomic mass is 10.0. The molecule has 18 heavy (non-hydrogen) atoms. The van der Waals surface area contributed by atoms with Crippen molar-refractivity contribution >= 4 is 18.0 Å². The first-order chi connectivity index (χ1) is 8.54. The summed E-state index contributed by atoms with van der Waals surface area (Å²) in [5.74, 6) is 1.64. The Morgan fingerprint density at radius 2 is 2.00 bits per heavy atom. The molecule has 0 unspecified atom stereocenters. The van der Waals surface area contributed by atoms with Crippen LogP contribution in [0, 0.1) is 0 Å². The number of benzene rings is 1. The maximum Gasteiger partial charge on any atom is 0.122 e. The van der Waals surface area contributed by atoms with Crippen molar-refractivity contribution in [1.29, 1.82) is 0 Å². The van der Waals surface area contributed by atoms with Crippen molar-refractivity contribution in [3.8, 4) is 0 Å². The number of thioether (sulfide) groups is 1. The van der Waals surface area contributed by atoms with E-state index in [0.717, 1.165) is 11.3 Å². The SMILES string of the molecule is CCSc1cc(/C=N/OC(C)C)ccc1C(C)C. The summed E-state index contributed by atoms with van der Waals surface area (Å²) in [4.78, 5) is 6.53. The van der Waals surface area contributed by atoms with E-state index >= 15 is 0 Å². The molecule has 2 nitrogen and oxygen atoms in total. The summed E-state index contributed by atoms with van der Waals surface area (Å²) in [5.41, 5.74) is 2.50. The first-order valence-corrected chi connectivity index (χ1v) is 7.49. The molecule has 0 N–H and O–H groups in total. The van der Waals surface area contributed by atoms with E-state index < -0.39 is 0 Å². The summed E-state index contributed by atoms with van der Waals surface area (Å²) in [6, 6.07) is 6.48. The molecule has 0 aromatic heterocycles. The van der Waals surface area contributed by atoms with E-state index in [-0.39, 0.29) is 6.10 Å². The average molecular weight is 265 g/mol. The Balaban J connectivity index is 2.89. The summed E-state index contributed by atoms with van der Waals surface area (Å²) in [6.07, 6.45) is 1.91. The maximum atomic E-state index is 5.19. The Morgan fingerprint density at radius 3 is 2.56 bits per heavy atom. The molecule has 0 atom stereocenters. The summed E-state index contributed by atoms with van der Waals surface area (Å²) in [7, 11) is 0. The third-order valence-electron chi connectivity index (χ3n) is 2.43. The largest absolute Gasteiger partial charge is 0.393 e. The molecule has 0 aliphatic heterocycles. The van der Waals surface area contributed by atoms with Crippen LogP contribution in [0.25, 0.3) is 0 Å². The van der Waals surface area contributed by atoms with Gasteiger partial charge in [0.15, 0.2) is 0 Å². The fourth-order valence-electron chi connectivity index (χ4n) is 1.60. The molecule has 1 aromatic carbocycles. The molecular formula is C15H23NOS. The van der Waals surface area contributed by atoms with Crippen LogP contribution in [0.5, 0.6) is 0 Å². The van der Waals surface area contributed by atoms with Gasteiger partial charge in [0.05, 0.1) is 6.21 Å². The maximum absolute atomic E-state index is 5.19. The quantitative estimate of drug-likeness (QED) is 0.423. The molecule has 0 radical (unpaired) electrons. The molecule has 0 spiro atoms. The van der Waals surface area contributed by atoms with Gasteiger partial charge in [-0.2, -0.15) is 0 Å². The zero-order chi connectivity index (χ0) is 13.5. The van der Waals surface area contributed by atoms with Crippen molar-refractivity contribution in [3.63, 3.8) is 0 Å². The lowest BCUT2D eigenvalue weighted by Crippen LogP contribution is -1.97. The van der Waals surface area contributed by atoms with Gasteiger partial charge in [-0.3, -0.25) is 0 Å². The lowest BCUT2D eigenvalue weighted by molar-refractivity contribution is 0.0873. The molecule has 0 heterocycles. The number of nitrogens with zero attached hydrogens (tertiary/aromatic N) is 1. The zero-order valence-corrected chi connectivity index (χ0v) is 12.8. The third kappa shape index (κ3) is 4.73. The average Bonchev–Trinajstić information content (AvgIpc) is 2.29. The van der Waals surface area contributed by atoms with E-state index in [1.807, 2.05) is 25.6 Å². The zero-order valence-electron chi connectivity index (χ0n) is 11.9. The van der Waals surface area contributed by atoms with Gasteiger partial charge in [0.1, 0.15) is 6.10 Å². The third-order valence-corrected chi connectivity index (χ3v) is 3.39. The molecule has 100 valence electrons. The minimum Gasteiger partial charge on any atom is -0.393 e. The molecule has 0 fully saturated rings. The molecule has 0 saturated carbocycles. The Bertz CT molecular complexity index is 399. The van der Waals surface area contributed by atoms with E-state index in [2.05, 4.69) is 44.1 Å². The monoisotopic (exact) mass is 265 g/mol. The minimum atomic E-state index is 0.126. The van der Waals surface area contributed by atoms with E-state index in [0.29, 0.717) is 5.92 Å². The fourth-order valence-corrected chi connectivity index (χ4v) is 2.60. The highest BCUT2D eigenvalue weighted by Crippen LogP contribution is 2.29. The van der Waals surface area contributed by atoms with Gasteiger partial charge in [0, 0.05) is 4.90 Å². The standard InChI is InChI=1S/C15H23NOS/c1-6-18-15-9-13(10-16-17-12(4)5)7-8-14(15)11(2)3/h7-12H,6H2,1-5H3/b16-10+. The Labute approximate surface area is 115 Å². The van der Waals surface area contributed by atoms with Crippen LogP contribution < -0.4 is 0 Å². The van der Waals surface area contributed by atoms with Crippen LogP contribution in [-0.4, -0.2) is 18.1 Å². The highest BCUT2D eigenvalue weighted by Gasteiger charge is 2.07. The van der Waals surface area contributed by atoms with Crippen LogP contribution in [0.2, 0.25) is 0 Å². The van der Waals surface area contributed by atoms with Crippen LogP contribution in [0.3, 0.4) is 0 Å². The second-order valence-electron chi connectivity index (χ2n) is 4.77. The van der Waals surface area contributed by atoms with Gasteiger partial charge in [-0.25, -0.2) is 0 Å². The number of rotatable bonds is 6. The number of oxime groups is 1. The summed E-state index contributed by atoms with van der Waals surface area (Å²) in [5, 5.41) is 3.98. The van der Waals surface area contributed by atoms with Crippen molar-refractivity contribution in [2.45, 2.75) is 51.5 Å². The van der Waals surface area contributed by atoms with Gasteiger partial charge in [-0.05, 0) is 42.7 Å². The summed E-state index contributed by atoms with van der Waals surface area (Å²) < 4.78 is 0. The van der Waals surface area contributed by atoms with E-state index in [4.69, 9.17) is 4.84 Å². The van der Waals surface area contributed by atoms with Gasteiger partial charge >= 0.3 is 0 Å². The molecular weight excluding hydrogens is 242 g/mol. The normalized spacial score (nSPS) is 11.7. The van der Waals surface area contributed by atoms with Gasteiger partial charge in [0.2, 0.25) is 0 Å².